The number of halogens is 1. The van der Waals surface area contributed by atoms with Crippen LogP contribution < -0.4 is 0 Å². The summed E-state index contributed by atoms with van der Waals surface area (Å²) in [5.41, 5.74) is 2.80. The standard InChI is InChI=1S/C16H13ClO2Se/c17-14-3-1-10(2-4-14)15-6-11-5-12(8-18)13(9-19)7-16(11)20-15/h1-7,18-19H,8-9H2. The van der Waals surface area contributed by atoms with Crippen molar-refractivity contribution in [2.45, 2.75) is 13.2 Å². The number of hydrogen-bond donors (Lipinski definition) is 2. The third-order valence-electron chi connectivity index (χ3n) is 3.31. The Morgan fingerprint density at radius 2 is 1.55 bits per heavy atom. The van der Waals surface area contributed by atoms with Crippen LogP contribution in [0, 0.1) is 0 Å². The summed E-state index contributed by atoms with van der Waals surface area (Å²) in [6.45, 7) is -0.0736. The first kappa shape index (κ1) is 13.9. The molecular formula is C16H13ClO2Se. The molecule has 0 saturated heterocycles. The molecule has 4 heteroatoms. The van der Waals surface area contributed by atoms with Crippen LogP contribution in [-0.4, -0.2) is 24.7 Å². The van der Waals surface area contributed by atoms with E-state index in [4.69, 9.17) is 11.6 Å². The van der Waals surface area contributed by atoms with E-state index in [2.05, 4.69) is 6.07 Å². The van der Waals surface area contributed by atoms with Crippen molar-refractivity contribution in [3.8, 4) is 10.0 Å². The molecule has 0 atom stereocenters. The van der Waals surface area contributed by atoms with Crippen LogP contribution in [0.25, 0.3) is 19.6 Å². The molecule has 2 aromatic carbocycles. The molecule has 0 aliphatic carbocycles. The third kappa shape index (κ3) is 2.56. The van der Waals surface area contributed by atoms with E-state index in [1.165, 1.54) is 14.3 Å². The Balaban J connectivity index is 2.12. The molecule has 1 heterocycles. The fourth-order valence-electron chi connectivity index (χ4n) is 2.23. The molecular weight excluding hydrogens is 339 g/mol. The second-order valence-electron chi connectivity index (χ2n) is 4.59. The molecule has 0 radical (unpaired) electrons. The molecule has 3 aromatic rings. The Morgan fingerprint density at radius 3 is 2.20 bits per heavy atom. The van der Waals surface area contributed by atoms with Crippen molar-refractivity contribution in [2.24, 2.45) is 0 Å². The average Bonchev–Trinajstić information content (AvgIpc) is 2.89. The Kier molecular flexibility index (Phi) is 3.97. The van der Waals surface area contributed by atoms with Crippen LogP contribution in [0.15, 0.2) is 42.5 Å². The van der Waals surface area contributed by atoms with Gasteiger partial charge in [0.15, 0.2) is 0 Å². The predicted molar refractivity (Wildman–Crippen MR) is 83.2 cm³/mol. The van der Waals surface area contributed by atoms with Crippen molar-refractivity contribution in [3.63, 3.8) is 0 Å². The van der Waals surface area contributed by atoms with Crippen molar-refractivity contribution < 1.29 is 10.2 Å². The number of benzene rings is 2. The summed E-state index contributed by atoms with van der Waals surface area (Å²) >= 11 is 6.14. The fraction of sp³-hybridized carbons (Fsp3) is 0.125. The van der Waals surface area contributed by atoms with E-state index in [-0.39, 0.29) is 27.7 Å². The molecule has 2 nitrogen and oxygen atoms in total. The van der Waals surface area contributed by atoms with Gasteiger partial charge in [-0.05, 0) is 0 Å². The first-order chi connectivity index (χ1) is 9.71. The van der Waals surface area contributed by atoms with E-state index in [9.17, 15) is 10.2 Å². The van der Waals surface area contributed by atoms with E-state index in [1.54, 1.807) is 0 Å². The Labute approximate surface area is 128 Å². The first-order valence-corrected chi connectivity index (χ1v) is 8.33. The Morgan fingerprint density at radius 1 is 0.900 bits per heavy atom. The molecule has 0 amide bonds. The molecule has 1 aromatic heterocycles. The quantitative estimate of drug-likeness (QED) is 0.711. The average molecular weight is 352 g/mol. The molecule has 0 fully saturated rings. The Hall–Kier alpha value is -1.09. The van der Waals surface area contributed by atoms with Crippen molar-refractivity contribution >= 4 is 35.8 Å². The number of fused-ring (bicyclic) bond motifs is 1. The number of aliphatic hydroxyl groups is 2. The van der Waals surface area contributed by atoms with Gasteiger partial charge >= 0.3 is 128 Å². The van der Waals surface area contributed by atoms with Crippen LogP contribution in [-0.2, 0) is 13.2 Å². The molecule has 2 N–H and O–H groups in total. The molecule has 0 aliphatic heterocycles. The van der Waals surface area contributed by atoms with E-state index < -0.39 is 0 Å². The predicted octanol–water partition coefficient (Wildman–Crippen LogP) is 3.20. The van der Waals surface area contributed by atoms with E-state index in [0.717, 1.165) is 21.5 Å². The molecule has 20 heavy (non-hydrogen) atoms. The van der Waals surface area contributed by atoms with Gasteiger partial charge in [0.25, 0.3) is 0 Å². The fourth-order valence-corrected chi connectivity index (χ4v) is 4.69. The SMILES string of the molecule is OCc1cc2cc(-c3ccc(Cl)cc3)[se]c2cc1CO. The Bertz CT molecular complexity index is 706. The topological polar surface area (TPSA) is 40.5 Å². The minimum atomic E-state index is -0.0414. The third-order valence-corrected chi connectivity index (χ3v) is 5.97. The van der Waals surface area contributed by atoms with Gasteiger partial charge in [-0.15, -0.1) is 0 Å². The second kappa shape index (κ2) is 5.72. The van der Waals surface area contributed by atoms with E-state index in [0.29, 0.717) is 0 Å². The number of aliphatic hydroxyl groups excluding tert-OH is 2. The molecule has 0 aliphatic rings. The zero-order valence-electron chi connectivity index (χ0n) is 10.6. The van der Waals surface area contributed by atoms with E-state index in [1.807, 2.05) is 36.4 Å². The van der Waals surface area contributed by atoms with Gasteiger partial charge in [-0.1, -0.05) is 0 Å². The van der Waals surface area contributed by atoms with Gasteiger partial charge in [-0.3, -0.25) is 0 Å². The summed E-state index contributed by atoms with van der Waals surface area (Å²) in [5.74, 6) is 0. The molecule has 0 bridgehead atoms. The summed E-state index contributed by atoms with van der Waals surface area (Å²) in [5, 5.41) is 20.6. The molecule has 102 valence electrons. The van der Waals surface area contributed by atoms with Crippen LogP contribution >= 0.6 is 11.6 Å². The van der Waals surface area contributed by atoms with Gasteiger partial charge in [-0.25, -0.2) is 0 Å². The van der Waals surface area contributed by atoms with Gasteiger partial charge in [-0.2, -0.15) is 0 Å². The second-order valence-corrected chi connectivity index (χ2v) is 7.30. The summed E-state index contributed by atoms with van der Waals surface area (Å²) in [6, 6.07) is 14.0. The molecule has 3 rings (SSSR count). The first-order valence-electron chi connectivity index (χ1n) is 6.24. The number of rotatable bonds is 3. The normalized spacial score (nSPS) is 11.2. The van der Waals surface area contributed by atoms with Gasteiger partial charge < -0.3 is 0 Å². The van der Waals surface area contributed by atoms with E-state index >= 15 is 0 Å². The van der Waals surface area contributed by atoms with Gasteiger partial charge in [0.1, 0.15) is 0 Å². The summed E-state index contributed by atoms with van der Waals surface area (Å²) in [7, 11) is 0. The van der Waals surface area contributed by atoms with Crippen LogP contribution in [0.4, 0.5) is 0 Å². The van der Waals surface area contributed by atoms with Crippen LogP contribution in [0.5, 0.6) is 0 Å². The van der Waals surface area contributed by atoms with Crippen LogP contribution in [0.1, 0.15) is 11.1 Å². The van der Waals surface area contributed by atoms with Gasteiger partial charge in [0.2, 0.25) is 0 Å². The minimum absolute atomic E-state index is 0.0322. The maximum absolute atomic E-state index is 9.36. The van der Waals surface area contributed by atoms with Gasteiger partial charge in [0, 0.05) is 0 Å². The van der Waals surface area contributed by atoms with Crippen LogP contribution in [0.3, 0.4) is 0 Å². The summed E-state index contributed by atoms with van der Waals surface area (Å²) < 4.78 is 2.55. The maximum atomic E-state index is 9.36. The van der Waals surface area contributed by atoms with Gasteiger partial charge in [0.05, 0.1) is 0 Å². The zero-order valence-corrected chi connectivity index (χ0v) is 13.1. The molecule has 0 saturated carbocycles. The van der Waals surface area contributed by atoms with Crippen molar-refractivity contribution in [3.05, 3.63) is 58.6 Å². The zero-order chi connectivity index (χ0) is 14.1. The monoisotopic (exact) mass is 352 g/mol. The summed E-state index contributed by atoms with van der Waals surface area (Å²) in [4.78, 5) is 0. The van der Waals surface area contributed by atoms with Crippen molar-refractivity contribution in [2.75, 3.05) is 0 Å². The van der Waals surface area contributed by atoms with Crippen molar-refractivity contribution in [1.82, 2.24) is 0 Å². The van der Waals surface area contributed by atoms with Crippen molar-refractivity contribution in [1.29, 1.82) is 0 Å². The van der Waals surface area contributed by atoms with Crippen LogP contribution in [0.2, 0.25) is 5.02 Å². The number of hydrogen-bond acceptors (Lipinski definition) is 2. The molecule has 0 unspecified atom stereocenters. The summed E-state index contributed by atoms with van der Waals surface area (Å²) in [6.07, 6.45) is 0. The molecule has 0 spiro atoms.